The molecule has 3 aromatic rings. The van der Waals surface area contributed by atoms with Crippen molar-refractivity contribution in [2.75, 3.05) is 23.3 Å². The molecule has 2 aliphatic rings. The topological polar surface area (TPSA) is 81.7 Å². The van der Waals surface area contributed by atoms with Crippen LogP contribution in [-0.2, 0) is 22.2 Å². The van der Waals surface area contributed by atoms with E-state index in [1.807, 2.05) is 38.1 Å². The van der Waals surface area contributed by atoms with Crippen molar-refractivity contribution in [3.05, 3.63) is 101 Å². The highest BCUT2D eigenvalue weighted by Crippen LogP contribution is 2.48. The zero-order valence-electron chi connectivity index (χ0n) is 22.9. The van der Waals surface area contributed by atoms with Gasteiger partial charge in [-0.15, -0.1) is 0 Å². The minimum absolute atomic E-state index is 0.0980. The Hall–Kier alpha value is -4.27. The molecule has 0 fully saturated rings. The molecule has 5 rings (SSSR count). The predicted octanol–water partition coefficient (Wildman–Crippen LogP) is 6.39. The fraction of sp³-hybridized carbons (Fsp3) is 0.312. The lowest BCUT2D eigenvalue weighted by Crippen LogP contribution is -2.42. The van der Waals surface area contributed by atoms with Gasteiger partial charge in [-0.2, -0.15) is 13.2 Å². The van der Waals surface area contributed by atoms with Crippen LogP contribution in [0, 0.1) is 5.41 Å². The van der Waals surface area contributed by atoms with Crippen molar-refractivity contribution in [1.82, 2.24) is 5.32 Å². The van der Waals surface area contributed by atoms with Gasteiger partial charge in [0, 0.05) is 24.2 Å². The summed E-state index contributed by atoms with van der Waals surface area (Å²) in [4.78, 5) is 28.8. The average Bonchev–Trinajstić information content (AvgIpc) is 3.03. The van der Waals surface area contributed by atoms with E-state index in [1.54, 1.807) is 29.2 Å². The highest BCUT2D eigenvalue weighted by Gasteiger charge is 2.42. The van der Waals surface area contributed by atoms with E-state index in [2.05, 4.69) is 10.6 Å². The quantitative estimate of drug-likeness (QED) is 0.324. The summed E-state index contributed by atoms with van der Waals surface area (Å²) in [7, 11) is 0. The number of anilines is 2. The normalized spacial score (nSPS) is 18.2. The van der Waals surface area contributed by atoms with Crippen LogP contribution in [0.15, 0.2) is 84.1 Å². The Morgan fingerprint density at radius 3 is 2.39 bits per heavy atom. The molecule has 214 valence electrons. The van der Waals surface area contributed by atoms with E-state index in [1.165, 1.54) is 12.1 Å². The number of ketones is 1. The van der Waals surface area contributed by atoms with E-state index in [4.69, 9.17) is 0 Å². The number of aromatic hydroxyl groups is 1. The first-order valence-corrected chi connectivity index (χ1v) is 13.5. The number of allylic oxidation sites excluding steroid dienone is 1. The van der Waals surface area contributed by atoms with Gasteiger partial charge in [0.2, 0.25) is 5.91 Å². The zero-order valence-corrected chi connectivity index (χ0v) is 22.9. The molecule has 0 aromatic heterocycles. The first kappa shape index (κ1) is 28.3. The van der Waals surface area contributed by atoms with Crippen molar-refractivity contribution in [2.24, 2.45) is 5.41 Å². The third-order valence-corrected chi connectivity index (χ3v) is 7.54. The number of halogens is 3. The van der Waals surface area contributed by atoms with E-state index in [0.29, 0.717) is 36.2 Å². The Bertz CT molecular complexity index is 1480. The van der Waals surface area contributed by atoms with Crippen molar-refractivity contribution in [3.63, 3.8) is 0 Å². The highest BCUT2D eigenvalue weighted by atomic mass is 19.4. The molecule has 1 aliphatic carbocycles. The van der Waals surface area contributed by atoms with Crippen molar-refractivity contribution in [3.8, 4) is 5.75 Å². The largest absolute Gasteiger partial charge is 0.508 e. The molecule has 41 heavy (non-hydrogen) atoms. The number of benzene rings is 3. The molecule has 1 aliphatic heterocycles. The standard InChI is InChI=1S/C32H32F3N3O3/c1-31(2)17-25-29(27(40)18-31)30(21-9-11-22(12-10-21)32(33,34)35)38(26-6-4-3-5-24(26)37-25)19-28(41)36-16-15-20-7-13-23(39)14-8-20/h3-14,30,37,39H,15-19H2,1-2H3,(H,36,41). The van der Waals surface area contributed by atoms with Crippen LogP contribution in [0.5, 0.6) is 5.75 Å². The summed E-state index contributed by atoms with van der Waals surface area (Å²) in [5, 5.41) is 15.9. The second kappa shape index (κ2) is 11.0. The van der Waals surface area contributed by atoms with E-state index in [9.17, 15) is 27.9 Å². The zero-order chi connectivity index (χ0) is 29.4. The Morgan fingerprint density at radius 2 is 1.71 bits per heavy atom. The number of rotatable bonds is 6. The molecule has 3 aromatic carbocycles. The summed E-state index contributed by atoms with van der Waals surface area (Å²) in [5.74, 6) is -0.225. The molecule has 6 nitrogen and oxygen atoms in total. The molecule has 1 amide bonds. The number of amides is 1. The van der Waals surface area contributed by atoms with Crippen molar-refractivity contribution in [1.29, 1.82) is 0 Å². The third-order valence-electron chi connectivity index (χ3n) is 7.54. The number of fused-ring (bicyclic) bond motifs is 1. The fourth-order valence-electron chi connectivity index (χ4n) is 5.65. The molecule has 1 unspecified atom stereocenters. The van der Waals surface area contributed by atoms with Crippen LogP contribution < -0.4 is 15.5 Å². The second-order valence-electron chi connectivity index (χ2n) is 11.4. The lowest BCUT2D eigenvalue weighted by Gasteiger charge is -2.38. The van der Waals surface area contributed by atoms with E-state index in [-0.39, 0.29) is 35.8 Å². The van der Waals surface area contributed by atoms with E-state index >= 15 is 0 Å². The number of Topliss-reactive ketones (excluding diaryl/α,β-unsaturated/α-hetero) is 1. The van der Waals surface area contributed by atoms with Crippen LogP contribution in [0.4, 0.5) is 24.5 Å². The van der Waals surface area contributed by atoms with Gasteiger partial charge in [0.1, 0.15) is 5.75 Å². The summed E-state index contributed by atoms with van der Waals surface area (Å²) in [5.41, 5.74) is 2.94. The second-order valence-corrected chi connectivity index (χ2v) is 11.4. The van der Waals surface area contributed by atoms with Gasteiger partial charge in [0.15, 0.2) is 5.78 Å². The summed E-state index contributed by atoms with van der Waals surface area (Å²) < 4.78 is 40.2. The molecule has 1 heterocycles. The maximum atomic E-state index is 13.7. The van der Waals surface area contributed by atoms with Gasteiger partial charge in [0.05, 0.1) is 29.5 Å². The Morgan fingerprint density at radius 1 is 1.02 bits per heavy atom. The number of carbonyl (C=O) groups excluding carboxylic acids is 2. The first-order chi connectivity index (χ1) is 19.4. The van der Waals surface area contributed by atoms with Crippen molar-refractivity contribution < 1.29 is 27.9 Å². The number of hydrogen-bond acceptors (Lipinski definition) is 5. The number of phenolic OH excluding ortho intramolecular Hbond substituents is 1. The minimum Gasteiger partial charge on any atom is -0.508 e. The number of para-hydroxylation sites is 2. The predicted molar refractivity (Wildman–Crippen MR) is 151 cm³/mol. The number of hydrogen-bond donors (Lipinski definition) is 3. The van der Waals surface area contributed by atoms with Crippen molar-refractivity contribution in [2.45, 2.75) is 45.3 Å². The van der Waals surface area contributed by atoms with Gasteiger partial charge >= 0.3 is 6.18 Å². The lowest BCUT2D eigenvalue weighted by molar-refractivity contribution is -0.137. The average molecular weight is 564 g/mol. The SMILES string of the molecule is CC1(C)CC(=O)C2=C(C1)Nc1ccccc1N(CC(=O)NCCc1ccc(O)cc1)C2c1ccc(C(F)(F)F)cc1. The number of nitrogens with zero attached hydrogens (tertiary/aromatic N) is 1. The van der Waals surface area contributed by atoms with Crippen LogP contribution >= 0.6 is 0 Å². The Balaban J connectivity index is 1.52. The van der Waals surface area contributed by atoms with Crippen LogP contribution in [-0.4, -0.2) is 29.9 Å². The van der Waals surface area contributed by atoms with Crippen molar-refractivity contribution >= 4 is 23.1 Å². The molecule has 1 atom stereocenters. The third kappa shape index (κ3) is 6.24. The van der Waals surface area contributed by atoms with Crippen LogP contribution in [0.3, 0.4) is 0 Å². The summed E-state index contributed by atoms with van der Waals surface area (Å²) in [6.07, 6.45) is -3.09. The van der Waals surface area contributed by atoms with Gasteiger partial charge in [-0.1, -0.05) is 50.2 Å². The molecule has 0 saturated heterocycles. The number of nitrogens with one attached hydrogen (secondary N) is 2. The van der Waals surface area contributed by atoms with Gasteiger partial charge in [-0.05, 0) is 65.8 Å². The molecular formula is C32H32F3N3O3. The molecule has 0 bridgehead atoms. The summed E-state index contributed by atoms with van der Waals surface area (Å²) in [6, 6.07) is 18.2. The lowest BCUT2D eigenvalue weighted by atomic mass is 9.73. The van der Waals surface area contributed by atoms with E-state index < -0.39 is 17.8 Å². The van der Waals surface area contributed by atoms with Gasteiger partial charge in [0.25, 0.3) is 0 Å². The molecule has 0 spiro atoms. The molecule has 0 saturated carbocycles. The van der Waals surface area contributed by atoms with Crippen LogP contribution in [0.1, 0.15) is 49.4 Å². The minimum atomic E-state index is -4.50. The maximum absolute atomic E-state index is 13.7. The smallest absolute Gasteiger partial charge is 0.416 e. The number of carbonyl (C=O) groups is 2. The van der Waals surface area contributed by atoms with Gasteiger partial charge in [-0.3, -0.25) is 9.59 Å². The highest BCUT2D eigenvalue weighted by molar-refractivity contribution is 6.01. The summed E-state index contributed by atoms with van der Waals surface area (Å²) in [6.45, 7) is 4.26. The van der Waals surface area contributed by atoms with E-state index in [0.717, 1.165) is 29.1 Å². The molecule has 9 heteroatoms. The van der Waals surface area contributed by atoms with Crippen LogP contribution in [0.2, 0.25) is 0 Å². The number of alkyl halides is 3. The van der Waals surface area contributed by atoms with Gasteiger partial charge < -0.3 is 20.6 Å². The monoisotopic (exact) mass is 563 g/mol. The number of phenols is 1. The summed E-state index contributed by atoms with van der Waals surface area (Å²) >= 11 is 0. The molecule has 3 N–H and O–H groups in total. The molecule has 0 radical (unpaired) electrons. The van der Waals surface area contributed by atoms with Gasteiger partial charge in [-0.25, -0.2) is 0 Å². The Kier molecular flexibility index (Phi) is 7.55. The first-order valence-electron chi connectivity index (χ1n) is 13.5. The fourth-order valence-corrected chi connectivity index (χ4v) is 5.65. The molecular weight excluding hydrogens is 531 g/mol. The Labute approximate surface area is 236 Å². The van der Waals surface area contributed by atoms with Crippen LogP contribution in [0.25, 0.3) is 0 Å². The maximum Gasteiger partial charge on any atom is 0.416 e.